The van der Waals surface area contributed by atoms with Crippen molar-refractivity contribution in [3.8, 4) is 0 Å². The van der Waals surface area contributed by atoms with Gasteiger partial charge in [0, 0.05) is 0 Å². The molecule has 0 bridgehead atoms. The number of rotatable bonds is 2. The van der Waals surface area contributed by atoms with Gasteiger partial charge in [-0.2, -0.15) is 0 Å². The lowest BCUT2D eigenvalue weighted by molar-refractivity contribution is -0.117. The van der Waals surface area contributed by atoms with Gasteiger partial charge in [-0.05, 0) is 19.4 Å². The first-order chi connectivity index (χ1) is 6.36. The molecule has 70 valence electrons. The minimum absolute atomic E-state index is 0.0695. The van der Waals surface area contributed by atoms with E-state index < -0.39 is 0 Å². The van der Waals surface area contributed by atoms with Crippen LogP contribution in [0.5, 0.6) is 0 Å². The van der Waals surface area contributed by atoms with Crippen LogP contribution < -0.4 is 10.6 Å². The number of carbonyl (C=O) groups excluding carboxylic acids is 1. The molecule has 5 heteroatoms. The molecule has 1 aliphatic rings. The van der Waals surface area contributed by atoms with E-state index in [1.807, 2.05) is 0 Å². The molecular formula is C8H11N3O2. The summed E-state index contributed by atoms with van der Waals surface area (Å²) in [7, 11) is 0. The first-order valence-electron chi connectivity index (χ1n) is 4.30. The van der Waals surface area contributed by atoms with E-state index in [1.54, 1.807) is 0 Å². The Hall–Kier alpha value is -1.36. The molecular weight excluding hydrogens is 170 g/mol. The molecule has 1 aliphatic heterocycles. The zero-order valence-corrected chi connectivity index (χ0v) is 7.12. The maximum absolute atomic E-state index is 11.4. The molecule has 0 radical (unpaired) electrons. The van der Waals surface area contributed by atoms with Crippen LogP contribution >= 0.6 is 0 Å². The number of anilines is 1. The lowest BCUT2D eigenvalue weighted by Crippen LogP contribution is -2.35. The van der Waals surface area contributed by atoms with Crippen LogP contribution in [0.15, 0.2) is 16.9 Å². The molecule has 1 saturated heterocycles. The minimum Gasteiger partial charge on any atom is -0.432 e. The summed E-state index contributed by atoms with van der Waals surface area (Å²) >= 11 is 0. The molecule has 5 nitrogen and oxygen atoms in total. The summed E-state index contributed by atoms with van der Waals surface area (Å²) in [6.45, 7) is 0.906. The van der Waals surface area contributed by atoms with Crippen LogP contribution in [0.3, 0.4) is 0 Å². The summed E-state index contributed by atoms with van der Waals surface area (Å²) < 4.78 is 4.89. The summed E-state index contributed by atoms with van der Waals surface area (Å²) in [5.41, 5.74) is 0. The van der Waals surface area contributed by atoms with Crippen molar-refractivity contribution in [3.63, 3.8) is 0 Å². The third-order valence-corrected chi connectivity index (χ3v) is 2.04. The lowest BCUT2D eigenvalue weighted by Gasteiger charge is -2.07. The van der Waals surface area contributed by atoms with E-state index in [0.717, 1.165) is 19.4 Å². The van der Waals surface area contributed by atoms with E-state index >= 15 is 0 Å². The van der Waals surface area contributed by atoms with Gasteiger partial charge in [0.25, 0.3) is 0 Å². The van der Waals surface area contributed by atoms with Crippen molar-refractivity contribution in [1.29, 1.82) is 0 Å². The second-order valence-electron chi connectivity index (χ2n) is 2.98. The highest BCUT2D eigenvalue weighted by atomic mass is 16.4. The Morgan fingerprint density at radius 1 is 1.77 bits per heavy atom. The van der Waals surface area contributed by atoms with Crippen LogP contribution in [-0.4, -0.2) is 23.5 Å². The van der Waals surface area contributed by atoms with Gasteiger partial charge in [-0.3, -0.25) is 10.1 Å². The average Bonchev–Trinajstić information content (AvgIpc) is 2.74. The molecule has 1 aromatic rings. The minimum atomic E-state index is -0.0908. The van der Waals surface area contributed by atoms with E-state index in [0.29, 0.717) is 0 Å². The van der Waals surface area contributed by atoms with Gasteiger partial charge in [0.15, 0.2) is 0 Å². The van der Waals surface area contributed by atoms with Crippen LogP contribution in [-0.2, 0) is 4.79 Å². The Morgan fingerprint density at radius 3 is 3.31 bits per heavy atom. The van der Waals surface area contributed by atoms with Crippen molar-refractivity contribution in [1.82, 2.24) is 10.3 Å². The van der Waals surface area contributed by atoms with Crippen molar-refractivity contribution in [2.75, 3.05) is 11.9 Å². The fourth-order valence-corrected chi connectivity index (χ4v) is 1.39. The van der Waals surface area contributed by atoms with E-state index in [-0.39, 0.29) is 18.0 Å². The number of nitrogens with one attached hydrogen (secondary N) is 2. The summed E-state index contributed by atoms with van der Waals surface area (Å²) in [5, 5.41) is 5.67. The zero-order valence-electron chi connectivity index (χ0n) is 7.12. The fraction of sp³-hybridized carbons (Fsp3) is 0.500. The third kappa shape index (κ3) is 1.86. The van der Waals surface area contributed by atoms with Crippen molar-refractivity contribution in [2.24, 2.45) is 0 Å². The van der Waals surface area contributed by atoms with Gasteiger partial charge in [-0.1, -0.05) is 0 Å². The molecule has 1 fully saturated rings. The van der Waals surface area contributed by atoms with Gasteiger partial charge < -0.3 is 9.73 Å². The Bertz CT molecular complexity index is 278. The normalized spacial score (nSPS) is 21.7. The van der Waals surface area contributed by atoms with Gasteiger partial charge in [-0.15, -0.1) is 0 Å². The molecule has 0 spiro atoms. The first-order valence-corrected chi connectivity index (χ1v) is 4.30. The number of hydrogen-bond acceptors (Lipinski definition) is 4. The Kier molecular flexibility index (Phi) is 2.27. The van der Waals surface area contributed by atoms with Crippen molar-refractivity contribution >= 4 is 11.9 Å². The molecule has 1 unspecified atom stereocenters. The van der Waals surface area contributed by atoms with Gasteiger partial charge in [0.2, 0.25) is 5.91 Å². The molecule has 2 rings (SSSR count). The predicted molar refractivity (Wildman–Crippen MR) is 46.2 cm³/mol. The molecule has 0 aromatic carbocycles. The predicted octanol–water partition coefficient (Wildman–Crippen LogP) is 0.365. The van der Waals surface area contributed by atoms with E-state index in [1.165, 1.54) is 12.5 Å². The molecule has 2 heterocycles. The molecule has 1 atom stereocenters. The monoisotopic (exact) mass is 181 g/mol. The first kappa shape index (κ1) is 8.25. The maximum Gasteiger partial charge on any atom is 0.301 e. The SMILES string of the molecule is O=C(Nc1ncco1)C1CCCN1. The van der Waals surface area contributed by atoms with E-state index in [2.05, 4.69) is 15.6 Å². The third-order valence-electron chi connectivity index (χ3n) is 2.04. The highest BCUT2D eigenvalue weighted by Gasteiger charge is 2.22. The standard InChI is InChI=1S/C8H11N3O2/c12-7(6-2-1-3-9-6)11-8-10-4-5-13-8/h4-6,9H,1-3H2,(H,10,11,12). The number of oxazole rings is 1. The number of carbonyl (C=O) groups is 1. The summed E-state index contributed by atoms with van der Waals surface area (Å²) in [4.78, 5) is 15.2. The van der Waals surface area contributed by atoms with Crippen LogP contribution in [0.2, 0.25) is 0 Å². The highest BCUT2D eigenvalue weighted by Crippen LogP contribution is 2.08. The maximum atomic E-state index is 11.4. The van der Waals surface area contributed by atoms with Crippen LogP contribution in [0.1, 0.15) is 12.8 Å². The molecule has 13 heavy (non-hydrogen) atoms. The summed E-state index contributed by atoms with van der Waals surface area (Å²) in [6.07, 6.45) is 4.85. The molecule has 0 saturated carbocycles. The zero-order chi connectivity index (χ0) is 9.10. The van der Waals surface area contributed by atoms with Gasteiger partial charge in [-0.25, -0.2) is 4.98 Å². The topological polar surface area (TPSA) is 67.2 Å². The van der Waals surface area contributed by atoms with Crippen LogP contribution in [0.4, 0.5) is 6.01 Å². The Balaban J connectivity index is 1.91. The number of amides is 1. The van der Waals surface area contributed by atoms with Crippen molar-refractivity contribution in [3.05, 3.63) is 12.5 Å². The quantitative estimate of drug-likeness (QED) is 0.691. The molecule has 0 aliphatic carbocycles. The smallest absolute Gasteiger partial charge is 0.301 e. The average molecular weight is 181 g/mol. The number of nitrogens with zero attached hydrogens (tertiary/aromatic N) is 1. The summed E-state index contributed by atoms with van der Waals surface area (Å²) in [6, 6.07) is 0.172. The largest absolute Gasteiger partial charge is 0.432 e. The lowest BCUT2D eigenvalue weighted by atomic mass is 10.2. The van der Waals surface area contributed by atoms with Gasteiger partial charge in [0.1, 0.15) is 6.26 Å². The molecule has 1 amide bonds. The summed E-state index contributed by atoms with van der Waals surface area (Å²) in [5.74, 6) is -0.0695. The Labute approximate surface area is 75.5 Å². The Morgan fingerprint density at radius 2 is 2.69 bits per heavy atom. The second-order valence-corrected chi connectivity index (χ2v) is 2.98. The second kappa shape index (κ2) is 3.57. The molecule has 2 N–H and O–H groups in total. The van der Waals surface area contributed by atoms with Crippen molar-refractivity contribution < 1.29 is 9.21 Å². The van der Waals surface area contributed by atoms with E-state index in [4.69, 9.17) is 4.42 Å². The van der Waals surface area contributed by atoms with Crippen LogP contribution in [0, 0.1) is 0 Å². The molecule has 1 aromatic heterocycles. The van der Waals surface area contributed by atoms with Crippen LogP contribution in [0.25, 0.3) is 0 Å². The number of aromatic nitrogens is 1. The number of hydrogen-bond donors (Lipinski definition) is 2. The van der Waals surface area contributed by atoms with Gasteiger partial charge >= 0.3 is 6.01 Å². The van der Waals surface area contributed by atoms with E-state index in [9.17, 15) is 4.79 Å². The fourth-order valence-electron chi connectivity index (χ4n) is 1.39. The highest BCUT2D eigenvalue weighted by molar-refractivity contribution is 5.93. The van der Waals surface area contributed by atoms with Gasteiger partial charge in [0.05, 0.1) is 12.2 Å². The van der Waals surface area contributed by atoms with Crippen molar-refractivity contribution in [2.45, 2.75) is 18.9 Å².